The van der Waals surface area contributed by atoms with Crippen LogP contribution in [-0.2, 0) is 4.79 Å². The van der Waals surface area contributed by atoms with Crippen molar-refractivity contribution in [2.24, 2.45) is 11.7 Å². The zero-order chi connectivity index (χ0) is 11.3. The molecule has 0 radical (unpaired) electrons. The summed E-state index contributed by atoms with van der Waals surface area (Å²) in [6, 6.07) is -0.386. The van der Waals surface area contributed by atoms with Gasteiger partial charge in [0.1, 0.15) is 0 Å². The summed E-state index contributed by atoms with van der Waals surface area (Å²) >= 11 is 0. The fourth-order valence-electron chi connectivity index (χ4n) is 1.21. The van der Waals surface area contributed by atoms with E-state index >= 15 is 0 Å². The summed E-state index contributed by atoms with van der Waals surface area (Å²) < 4.78 is 0. The maximum atomic E-state index is 11.8. The van der Waals surface area contributed by atoms with E-state index in [1.807, 2.05) is 27.7 Å². The fourth-order valence-corrected chi connectivity index (χ4v) is 1.21. The van der Waals surface area contributed by atoms with Crippen LogP contribution in [0.25, 0.3) is 0 Å². The molecule has 0 fully saturated rings. The molecule has 0 aliphatic carbocycles. The number of rotatable bonds is 5. The van der Waals surface area contributed by atoms with Crippen molar-refractivity contribution in [3.63, 3.8) is 0 Å². The average molecular weight is 202 g/mol. The third-order valence-electron chi connectivity index (χ3n) is 2.25. The van der Waals surface area contributed by atoms with Crippen LogP contribution < -0.4 is 5.73 Å². The van der Waals surface area contributed by atoms with Gasteiger partial charge < -0.3 is 15.7 Å². The number of carbonyl (C=O) groups excluding carboxylic acids is 1. The number of carbonyl (C=O) groups is 1. The molecule has 4 heteroatoms. The van der Waals surface area contributed by atoms with Crippen LogP contribution in [0.5, 0.6) is 0 Å². The number of nitrogens with zero attached hydrogens (tertiary/aromatic N) is 1. The van der Waals surface area contributed by atoms with Gasteiger partial charge in [0.25, 0.3) is 0 Å². The average Bonchev–Trinajstić information content (AvgIpc) is 2.11. The minimum Gasteiger partial charge on any atom is -0.395 e. The van der Waals surface area contributed by atoms with Crippen LogP contribution >= 0.6 is 0 Å². The number of hydrogen-bond acceptors (Lipinski definition) is 3. The number of hydrogen-bond donors (Lipinski definition) is 2. The Morgan fingerprint density at radius 3 is 2.14 bits per heavy atom. The van der Waals surface area contributed by atoms with Crippen molar-refractivity contribution in [3.8, 4) is 0 Å². The van der Waals surface area contributed by atoms with Gasteiger partial charge in [-0.15, -0.1) is 0 Å². The van der Waals surface area contributed by atoms with Crippen LogP contribution in [0.3, 0.4) is 0 Å². The highest BCUT2D eigenvalue weighted by atomic mass is 16.3. The molecule has 0 rings (SSSR count). The molecule has 0 saturated heterocycles. The Morgan fingerprint density at radius 2 is 1.86 bits per heavy atom. The smallest absolute Gasteiger partial charge is 0.240 e. The van der Waals surface area contributed by atoms with Crippen LogP contribution in [0.4, 0.5) is 0 Å². The second kappa shape index (κ2) is 5.98. The van der Waals surface area contributed by atoms with Gasteiger partial charge in [0, 0.05) is 12.6 Å². The van der Waals surface area contributed by atoms with Gasteiger partial charge in [-0.05, 0) is 19.8 Å². The molecule has 0 aromatic heterocycles. The summed E-state index contributed by atoms with van der Waals surface area (Å²) in [5.41, 5.74) is 5.76. The van der Waals surface area contributed by atoms with Crippen molar-refractivity contribution in [3.05, 3.63) is 0 Å². The standard InChI is InChI=1S/C10H22N2O2/c1-7(2)9(11)10(14)12(5-6-13)8(3)4/h7-9,13H,5-6,11H2,1-4H3. The lowest BCUT2D eigenvalue weighted by Gasteiger charge is -2.29. The maximum absolute atomic E-state index is 11.8. The van der Waals surface area contributed by atoms with Crippen LogP contribution in [0.1, 0.15) is 27.7 Å². The topological polar surface area (TPSA) is 66.6 Å². The normalized spacial score (nSPS) is 13.4. The molecule has 84 valence electrons. The lowest BCUT2D eigenvalue weighted by Crippen LogP contribution is -2.50. The van der Waals surface area contributed by atoms with Gasteiger partial charge in [0.15, 0.2) is 0 Å². The van der Waals surface area contributed by atoms with Crippen LogP contribution in [-0.4, -0.2) is 41.1 Å². The maximum Gasteiger partial charge on any atom is 0.240 e. The molecule has 3 N–H and O–H groups in total. The summed E-state index contributed by atoms with van der Waals surface area (Å²) in [5, 5.41) is 8.82. The number of nitrogens with two attached hydrogens (primary N) is 1. The quantitative estimate of drug-likeness (QED) is 0.669. The molecule has 0 bridgehead atoms. The molecule has 14 heavy (non-hydrogen) atoms. The van der Waals surface area contributed by atoms with Crippen LogP contribution in [0.15, 0.2) is 0 Å². The first-order chi connectivity index (χ1) is 6.41. The van der Waals surface area contributed by atoms with E-state index in [2.05, 4.69) is 0 Å². The second-order valence-electron chi connectivity index (χ2n) is 4.12. The van der Waals surface area contributed by atoms with E-state index in [0.717, 1.165) is 0 Å². The summed E-state index contributed by atoms with van der Waals surface area (Å²) in [6.07, 6.45) is 0. The van der Waals surface area contributed by atoms with Gasteiger partial charge in [-0.3, -0.25) is 4.79 Å². The van der Waals surface area contributed by atoms with Gasteiger partial charge in [-0.25, -0.2) is 0 Å². The Bertz CT molecular complexity index is 181. The first-order valence-electron chi connectivity index (χ1n) is 5.08. The number of amides is 1. The molecule has 0 aliphatic rings. The van der Waals surface area contributed by atoms with E-state index in [-0.39, 0.29) is 24.5 Å². The Kier molecular flexibility index (Phi) is 5.72. The van der Waals surface area contributed by atoms with Gasteiger partial charge >= 0.3 is 0 Å². The zero-order valence-corrected chi connectivity index (χ0v) is 9.53. The SMILES string of the molecule is CC(C)C(N)C(=O)N(CCO)C(C)C. The molecule has 1 atom stereocenters. The molecule has 0 heterocycles. The molecule has 0 aliphatic heterocycles. The summed E-state index contributed by atoms with van der Waals surface area (Å²) in [7, 11) is 0. The monoisotopic (exact) mass is 202 g/mol. The summed E-state index contributed by atoms with van der Waals surface area (Å²) in [4.78, 5) is 13.4. The molecule has 0 saturated carbocycles. The predicted octanol–water partition coefficient (Wildman–Crippen LogP) is 0.199. The highest BCUT2D eigenvalue weighted by molar-refractivity contribution is 5.82. The van der Waals surface area contributed by atoms with Crippen molar-refractivity contribution in [1.29, 1.82) is 0 Å². The molecular formula is C10H22N2O2. The predicted molar refractivity (Wildman–Crippen MR) is 56.7 cm³/mol. The Morgan fingerprint density at radius 1 is 1.36 bits per heavy atom. The molecule has 0 aromatic rings. The van der Waals surface area contributed by atoms with E-state index in [1.165, 1.54) is 0 Å². The van der Waals surface area contributed by atoms with Gasteiger partial charge in [-0.2, -0.15) is 0 Å². The van der Waals surface area contributed by atoms with Crippen LogP contribution in [0, 0.1) is 5.92 Å². The number of aliphatic hydroxyl groups is 1. The highest BCUT2D eigenvalue weighted by Gasteiger charge is 2.24. The molecule has 0 spiro atoms. The van der Waals surface area contributed by atoms with Crippen molar-refractivity contribution in [1.82, 2.24) is 4.90 Å². The largest absolute Gasteiger partial charge is 0.395 e. The van der Waals surface area contributed by atoms with Gasteiger partial charge in [0.2, 0.25) is 5.91 Å². The molecule has 0 aromatic carbocycles. The zero-order valence-electron chi connectivity index (χ0n) is 9.53. The lowest BCUT2D eigenvalue weighted by atomic mass is 10.0. The third-order valence-corrected chi connectivity index (χ3v) is 2.25. The Labute approximate surface area is 86.1 Å². The number of aliphatic hydroxyl groups excluding tert-OH is 1. The summed E-state index contributed by atoms with van der Waals surface area (Å²) in [6.45, 7) is 8.01. The van der Waals surface area contributed by atoms with E-state index in [0.29, 0.717) is 6.54 Å². The second-order valence-corrected chi connectivity index (χ2v) is 4.12. The van der Waals surface area contributed by atoms with Crippen LogP contribution in [0.2, 0.25) is 0 Å². The van der Waals surface area contributed by atoms with Crippen molar-refractivity contribution < 1.29 is 9.90 Å². The van der Waals surface area contributed by atoms with Crippen molar-refractivity contribution >= 4 is 5.91 Å². The third kappa shape index (κ3) is 3.64. The van der Waals surface area contributed by atoms with Gasteiger partial charge in [-0.1, -0.05) is 13.8 Å². The minimum atomic E-state index is -0.469. The van der Waals surface area contributed by atoms with E-state index < -0.39 is 6.04 Å². The first-order valence-corrected chi connectivity index (χ1v) is 5.08. The molecule has 1 amide bonds. The van der Waals surface area contributed by atoms with E-state index in [9.17, 15) is 4.79 Å². The molecule has 1 unspecified atom stereocenters. The molecular weight excluding hydrogens is 180 g/mol. The minimum absolute atomic E-state index is 0.0191. The lowest BCUT2D eigenvalue weighted by molar-refractivity contribution is -0.135. The molecule has 4 nitrogen and oxygen atoms in total. The van der Waals surface area contributed by atoms with Crippen molar-refractivity contribution in [2.75, 3.05) is 13.2 Å². The Hall–Kier alpha value is -0.610. The summed E-state index contributed by atoms with van der Waals surface area (Å²) in [5.74, 6) is 0.0477. The Balaban J connectivity index is 4.43. The van der Waals surface area contributed by atoms with Gasteiger partial charge in [0.05, 0.1) is 12.6 Å². The van der Waals surface area contributed by atoms with Crippen molar-refractivity contribution in [2.45, 2.75) is 39.8 Å². The van der Waals surface area contributed by atoms with E-state index in [1.54, 1.807) is 4.90 Å². The highest BCUT2D eigenvalue weighted by Crippen LogP contribution is 2.06. The first kappa shape index (κ1) is 13.4. The van der Waals surface area contributed by atoms with E-state index in [4.69, 9.17) is 10.8 Å². The fraction of sp³-hybridized carbons (Fsp3) is 0.900.